The molecule has 3 amide bonds. The highest BCUT2D eigenvalue weighted by molar-refractivity contribution is 6.11. The zero-order valence-corrected chi connectivity index (χ0v) is 19.8. The lowest BCUT2D eigenvalue weighted by Gasteiger charge is -2.40. The second-order valence-corrected chi connectivity index (χ2v) is 8.47. The molecule has 0 aromatic heterocycles. The number of guanidine groups is 1. The molecule has 2 aromatic carbocycles. The number of amides is 3. The second-order valence-electron chi connectivity index (χ2n) is 8.47. The minimum absolute atomic E-state index is 0.445. The molecule has 2 aromatic rings. The summed E-state index contributed by atoms with van der Waals surface area (Å²) in [4.78, 5) is 48.9. The van der Waals surface area contributed by atoms with Crippen LogP contribution in [0.2, 0.25) is 0 Å². The molecule has 5 rings (SSSR count). The average Bonchev–Trinajstić information content (AvgIpc) is 3.36. The molecule has 0 spiro atoms. The van der Waals surface area contributed by atoms with Crippen LogP contribution in [0, 0.1) is 0 Å². The summed E-state index contributed by atoms with van der Waals surface area (Å²) in [6.07, 6.45) is -0.704. The zero-order valence-electron chi connectivity index (χ0n) is 19.8. The number of aliphatic imine (C=N–C) groups is 1. The number of urea groups is 1. The van der Waals surface area contributed by atoms with Crippen molar-refractivity contribution in [1.29, 1.82) is 0 Å². The second kappa shape index (κ2) is 8.46. The smallest absolute Gasteiger partial charge is 0.328 e. The lowest BCUT2D eigenvalue weighted by atomic mass is 10.1. The summed E-state index contributed by atoms with van der Waals surface area (Å²) in [5.41, 5.74) is 2.59. The Morgan fingerprint density at radius 3 is 2.29 bits per heavy atom. The fraction of sp³-hybridized carbons (Fsp3) is 0.280. The van der Waals surface area contributed by atoms with Gasteiger partial charge in [0.05, 0.1) is 7.11 Å². The SMILES string of the molecule is COC(=O)CN1C(=O)C2C(N=C3N(c4ccc(Oc5ccccc5)cc4)C(C)=C(C)N32)N(C)C1=O. The number of likely N-dealkylation sites (N-methyl/N-ethyl adjacent to an activating group) is 1. The molecule has 2 atom stereocenters. The van der Waals surface area contributed by atoms with Gasteiger partial charge in [-0.05, 0) is 50.2 Å². The monoisotopic (exact) mass is 475 g/mol. The van der Waals surface area contributed by atoms with Gasteiger partial charge in [-0.1, -0.05) is 18.2 Å². The molecule has 10 nitrogen and oxygen atoms in total. The van der Waals surface area contributed by atoms with Gasteiger partial charge >= 0.3 is 12.0 Å². The molecular formula is C25H25N5O5. The topological polar surface area (TPSA) is 95.0 Å². The molecule has 0 aliphatic carbocycles. The minimum atomic E-state index is -0.766. The lowest BCUT2D eigenvalue weighted by Crippen LogP contribution is -2.65. The Morgan fingerprint density at radius 2 is 1.63 bits per heavy atom. The number of esters is 1. The van der Waals surface area contributed by atoms with E-state index in [1.54, 1.807) is 7.05 Å². The highest BCUT2D eigenvalue weighted by Crippen LogP contribution is 2.40. The van der Waals surface area contributed by atoms with Gasteiger partial charge in [0.25, 0.3) is 5.91 Å². The van der Waals surface area contributed by atoms with E-state index in [0.717, 1.165) is 27.7 Å². The maximum atomic E-state index is 13.4. The van der Waals surface area contributed by atoms with Crippen molar-refractivity contribution >= 4 is 29.6 Å². The molecule has 3 heterocycles. The lowest BCUT2D eigenvalue weighted by molar-refractivity contribution is -0.148. The van der Waals surface area contributed by atoms with Crippen molar-refractivity contribution in [1.82, 2.24) is 14.7 Å². The third-order valence-electron chi connectivity index (χ3n) is 6.48. The van der Waals surface area contributed by atoms with Crippen molar-refractivity contribution in [3.8, 4) is 11.5 Å². The number of anilines is 1. The van der Waals surface area contributed by atoms with Crippen LogP contribution in [0.3, 0.4) is 0 Å². The molecule has 10 heteroatoms. The third kappa shape index (κ3) is 3.58. The van der Waals surface area contributed by atoms with E-state index < -0.39 is 36.7 Å². The quantitative estimate of drug-likeness (QED) is 0.614. The van der Waals surface area contributed by atoms with Gasteiger partial charge in [0.2, 0.25) is 5.96 Å². The summed E-state index contributed by atoms with van der Waals surface area (Å²) in [5, 5.41) is 0. The van der Waals surface area contributed by atoms with Crippen molar-refractivity contribution in [2.45, 2.75) is 26.1 Å². The predicted molar refractivity (Wildman–Crippen MR) is 128 cm³/mol. The number of rotatable bonds is 5. The first kappa shape index (κ1) is 22.5. The van der Waals surface area contributed by atoms with Crippen molar-refractivity contribution in [2.24, 2.45) is 4.99 Å². The van der Waals surface area contributed by atoms with Gasteiger partial charge in [0, 0.05) is 24.1 Å². The fourth-order valence-corrected chi connectivity index (χ4v) is 4.55. The van der Waals surface area contributed by atoms with Gasteiger partial charge in [0.15, 0.2) is 12.2 Å². The predicted octanol–water partition coefficient (Wildman–Crippen LogP) is 2.98. The molecule has 180 valence electrons. The first-order valence-electron chi connectivity index (χ1n) is 11.1. The third-order valence-corrected chi connectivity index (χ3v) is 6.48. The van der Waals surface area contributed by atoms with Crippen LogP contribution >= 0.6 is 0 Å². The molecule has 3 aliphatic rings. The fourth-order valence-electron chi connectivity index (χ4n) is 4.55. The van der Waals surface area contributed by atoms with Crippen LogP contribution in [-0.2, 0) is 14.3 Å². The van der Waals surface area contributed by atoms with E-state index >= 15 is 0 Å². The maximum Gasteiger partial charge on any atom is 0.328 e. The van der Waals surface area contributed by atoms with Crippen LogP contribution in [0.15, 0.2) is 71.0 Å². The Hall–Kier alpha value is -4.34. The normalized spacial score (nSPS) is 21.3. The van der Waals surface area contributed by atoms with Gasteiger partial charge in [0.1, 0.15) is 18.0 Å². The van der Waals surface area contributed by atoms with Crippen LogP contribution in [-0.4, -0.2) is 71.5 Å². The molecular weight excluding hydrogens is 450 g/mol. The molecule has 35 heavy (non-hydrogen) atoms. The maximum absolute atomic E-state index is 13.4. The van der Waals surface area contributed by atoms with Crippen molar-refractivity contribution in [3.63, 3.8) is 0 Å². The first-order valence-corrected chi connectivity index (χ1v) is 11.1. The van der Waals surface area contributed by atoms with Crippen LogP contribution in [0.25, 0.3) is 0 Å². The summed E-state index contributed by atoms with van der Waals surface area (Å²) in [5.74, 6) is 0.839. The van der Waals surface area contributed by atoms with Crippen molar-refractivity contribution < 1.29 is 23.9 Å². The number of carbonyl (C=O) groups excluding carboxylic acids is 3. The van der Waals surface area contributed by atoms with E-state index in [4.69, 9.17) is 9.73 Å². The number of nitrogens with zero attached hydrogens (tertiary/aromatic N) is 5. The number of allylic oxidation sites excluding steroid dienone is 2. The molecule has 3 aliphatic heterocycles. The number of para-hydroxylation sites is 1. The number of imide groups is 1. The Balaban J connectivity index is 1.44. The highest BCUT2D eigenvalue weighted by atomic mass is 16.5. The van der Waals surface area contributed by atoms with E-state index in [1.165, 1.54) is 12.0 Å². The number of fused-ring (bicyclic) bond motifs is 3. The van der Waals surface area contributed by atoms with E-state index in [1.807, 2.05) is 78.2 Å². The molecule has 1 fully saturated rings. The average molecular weight is 476 g/mol. The van der Waals surface area contributed by atoms with Gasteiger partial charge in [-0.15, -0.1) is 0 Å². The number of carbonyl (C=O) groups is 3. The minimum Gasteiger partial charge on any atom is -0.468 e. The largest absolute Gasteiger partial charge is 0.468 e. The number of hydrogen-bond donors (Lipinski definition) is 0. The molecule has 1 saturated heterocycles. The summed E-state index contributed by atoms with van der Waals surface area (Å²) >= 11 is 0. The van der Waals surface area contributed by atoms with Crippen molar-refractivity contribution in [2.75, 3.05) is 25.6 Å². The van der Waals surface area contributed by atoms with Gasteiger partial charge in [-0.2, -0.15) is 0 Å². The zero-order chi connectivity index (χ0) is 24.9. The molecule has 2 unspecified atom stereocenters. The Bertz CT molecular complexity index is 1260. The molecule has 0 bridgehead atoms. The Labute approximate surface area is 202 Å². The van der Waals surface area contributed by atoms with Crippen LogP contribution in [0.5, 0.6) is 11.5 Å². The van der Waals surface area contributed by atoms with Gasteiger partial charge in [-0.3, -0.25) is 24.3 Å². The summed E-state index contributed by atoms with van der Waals surface area (Å²) in [6.45, 7) is 3.42. The van der Waals surface area contributed by atoms with Crippen LogP contribution < -0.4 is 9.64 Å². The summed E-state index contributed by atoms with van der Waals surface area (Å²) in [6, 6.07) is 15.7. The van der Waals surface area contributed by atoms with E-state index in [-0.39, 0.29) is 0 Å². The molecule has 0 radical (unpaired) electrons. The van der Waals surface area contributed by atoms with Crippen LogP contribution in [0.4, 0.5) is 10.5 Å². The first-order chi connectivity index (χ1) is 16.8. The van der Waals surface area contributed by atoms with Gasteiger partial charge < -0.3 is 14.4 Å². The Morgan fingerprint density at radius 1 is 0.971 bits per heavy atom. The van der Waals surface area contributed by atoms with E-state index in [0.29, 0.717) is 11.7 Å². The molecule has 0 N–H and O–H groups in total. The van der Waals surface area contributed by atoms with Crippen LogP contribution in [0.1, 0.15) is 13.8 Å². The number of methoxy groups -OCH3 is 1. The van der Waals surface area contributed by atoms with E-state index in [2.05, 4.69) is 4.74 Å². The van der Waals surface area contributed by atoms with Gasteiger partial charge in [-0.25, -0.2) is 9.79 Å². The molecule has 0 saturated carbocycles. The standard InChI is InChI=1S/C25H25N5O5/c1-15-16(2)30-21-22(27(3)25(33)28(23(21)32)14-20(31)34-4)26-24(30)29(15)17-10-12-19(13-11-17)35-18-8-6-5-7-9-18/h5-13,21-22H,14H2,1-4H3. The summed E-state index contributed by atoms with van der Waals surface area (Å²) < 4.78 is 10.6. The summed E-state index contributed by atoms with van der Waals surface area (Å²) in [7, 11) is 2.80. The Kier molecular flexibility index (Phi) is 5.43. The number of benzene rings is 2. The number of hydrogen-bond acceptors (Lipinski definition) is 8. The number of ether oxygens (including phenoxy) is 2. The highest BCUT2D eigenvalue weighted by Gasteiger charge is 2.56. The van der Waals surface area contributed by atoms with Crippen molar-refractivity contribution in [3.05, 3.63) is 66.0 Å². The van der Waals surface area contributed by atoms with E-state index in [9.17, 15) is 14.4 Å².